The van der Waals surface area contributed by atoms with Crippen molar-refractivity contribution in [3.63, 3.8) is 0 Å². The fraction of sp³-hybridized carbons (Fsp3) is 0.300. The van der Waals surface area contributed by atoms with E-state index >= 15 is 0 Å². The second-order valence-electron chi connectivity index (χ2n) is 6.67. The van der Waals surface area contributed by atoms with Gasteiger partial charge in [-0.3, -0.25) is 9.59 Å². The number of carbonyl (C=O) groups excluding carboxylic acids is 2. The molecular formula is C20H21IN2O4S. The summed E-state index contributed by atoms with van der Waals surface area (Å²) in [5.74, 6) is -0.904. The predicted octanol–water partition coefficient (Wildman–Crippen LogP) is 3.41. The molecule has 1 aliphatic heterocycles. The first kappa shape index (κ1) is 20.9. The van der Waals surface area contributed by atoms with E-state index < -0.39 is 33.9 Å². The van der Waals surface area contributed by atoms with Crippen LogP contribution in [-0.2, 0) is 19.6 Å². The molecule has 1 saturated heterocycles. The molecule has 0 bridgehead atoms. The molecule has 1 heterocycles. The first-order valence-electron chi connectivity index (χ1n) is 8.98. The van der Waals surface area contributed by atoms with E-state index in [9.17, 15) is 18.0 Å². The second-order valence-corrected chi connectivity index (χ2v) is 9.76. The van der Waals surface area contributed by atoms with Crippen molar-refractivity contribution in [2.24, 2.45) is 0 Å². The standard InChI is InChI=1S/C20H21IN2O4S/c1-3-14(2)23(28(26,27)17-7-5-4-6-8-17)18-13-19(24)22(20(18)25)16-11-9-15(21)10-12-16/h4-12,14,18H,3,13H2,1-2H3. The highest BCUT2D eigenvalue weighted by Gasteiger charge is 2.48. The van der Waals surface area contributed by atoms with Gasteiger partial charge in [0.1, 0.15) is 6.04 Å². The lowest BCUT2D eigenvalue weighted by Crippen LogP contribution is -2.49. The van der Waals surface area contributed by atoms with Gasteiger partial charge in [-0.05, 0) is 72.3 Å². The van der Waals surface area contributed by atoms with Crippen molar-refractivity contribution in [1.82, 2.24) is 4.31 Å². The third kappa shape index (κ3) is 3.85. The van der Waals surface area contributed by atoms with Gasteiger partial charge in [0, 0.05) is 9.61 Å². The minimum Gasteiger partial charge on any atom is -0.274 e. The molecule has 1 aliphatic rings. The third-order valence-electron chi connectivity index (χ3n) is 4.86. The van der Waals surface area contributed by atoms with Crippen LogP contribution in [0.5, 0.6) is 0 Å². The fourth-order valence-electron chi connectivity index (χ4n) is 3.28. The van der Waals surface area contributed by atoms with Crippen molar-refractivity contribution in [3.05, 3.63) is 58.2 Å². The van der Waals surface area contributed by atoms with Crippen molar-refractivity contribution in [2.45, 2.75) is 43.7 Å². The van der Waals surface area contributed by atoms with Crippen molar-refractivity contribution >= 4 is 50.1 Å². The molecule has 3 rings (SSSR count). The maximum absolute atomic E-state index is 13.3. The maximum atomic E-state index is 13.3. The molecule has 148 valence electrons. The van der Waals surface area contributed by atoms with Crippen molar-refractivity contribution in [3.8, 4) is 0 Å². The Bertz CT molecular complexity index is 977. The van der Waals surface area contributed by atoms with Gasteiger partial charge in [0.2, 0.25) is 15.9 Å². The molecule has 28 heavy (non-hydrogen) atoms. The average Bonchev–Trinajstić information content (AvgIpc) is 2.97. The molecule has 2 unspecified atom stereocenters. The van der Waals surface area contributed by atoms with Crippen LogP contribution in [0.15, 0.2) is 59.5 Å². The largest absolute Gasteiger partial charge is 0.274 e. The number of imide groups is 1. The highest BCUT2D eigenvalue weighted by Crippen LogP contribution is 2.31. The van der Waals surface area contributed by atoms with Crippen LogP contribution in [-0.4, -0.2) is 36.6 Å². The van der Waals surface area contributed by atoms with E-state index in [0.29, 0.717) is 12.1 Å². The molecule has 0 N–H and O–H groups in total. The highest BCUT2D eigenvalue weighted by molar-refractivity contribution is 14.1. The Kier molecular flexibility index (Phi) is 6.21. The van der Waals surface area contributed by atoms with Crippen LogP contribution in [0.4, 0.5) is 5.69 Å². The minimum atomic E-state index is -3.93. The Balaban J connectivity index is 2.01. The molecule has 0 spiro atoms. The normalized spacial score (nSPS) is 18.7. The van der Waals surface area contributed by atoms with Gasteiger partial charge in [0.05, 0.1) is 17.0 Å². The Hall–Kier alpha value is -1.78. The van der Waals surface area contributed by atoms with Gasteiger partial charge >= 0.3 is 0 Å². The lowest BCUT2D eigenvalue weighted by Gasteiger charge is -2.31. The minimum absolute atomic E-state index is 0.114. The summed E-state index contributed by atoms with van der Waals surface area (Å²) in [6.07, 6.45) is 0.356. The summed E-state index contributed by atoms with van der Waals surface area (Å²) >= 11 is 2.14. The molecule has 0 aromatic heterocycles. The van der Waals surface area contributed by atoms with Gasteiger partial charge in [0.25, 0.3) is 5.91 Å². The zero-order valence-corrected chi connectivity index (χ0v) is 18.6. The summed E-state index contributed by atoms with van der Waals surface area (Å²) in [6, 6.07) is 13.5. The topological polar surface area (TPSA) is 74.8 Å². The third-order valence-corrected chi connectivity index (χ3v) is 7.62. The molecule has 2 aromatic rings. The molecule has 0 aliphatic carbocycles. The van der Waals surface area contributed by atoms with E-state index in [4.69, 9.17) is 0 Å². The first-order valence-corrected chi connectivity index (χ1v) is 11.5. The Labute approximate surface area is 178 Å². The van der Waals surface area contributed by atoms with Crippen LogP contribution < -0.4 is 4.90 Å². The molecule has 0 radical (unpaired) electrons. The van der Waals surface area contributed by atoms with E-state index in [1.807, 2.05) is 6.92 Å². The summed E-state index contributed by atoms with van der Waals surface area (Å²) in [5, 5.41) is 0. The summed E-state index contributed by atoms with van der Waals surface area (Å²) in [4.78, 5) is 27.0. The molecule has 2 amide bonds. The summed E-state index contributed by atoms with van der Waals surface area (Å²) in [6.45, 7) is 3.61. The van der Waals surface area contributed by atoms with Crippen LogP contribution in [0.25, 0.3) is 0 Å². The van der Waals surface area contributed by atoms with Crippen molar-refractivity contribution in [1.29, 1.82) is 0 Å². The number of nitrogens with zero attached hydrogens (tertiary/aromatic N) is 2. The highest BCUT2D eigenvalue weighted by atomic mass is 127. The van der Waals surface area contributed by atoms with E-state index in [1.54, 1.807) is 49.4 Å². The molecule has 0 saturated carbocycles. The molecular weight excluding hydrogens is 491 g/mol. The summed E-state index contributed by atoms with van der Waals surface area (Å²) < 4.78 is 28.8. The number of sulfonamides is 1. The average molecular weight is 512 g/mol. The maximum Gasteiger partial charge on any atom is 0.252 e. The zero-order valence-electron chi connectivity index (χ0n) is 15.6. The quantitative estimate of drug-likeness (QED) is 0.440. The van der Waals surface area contributed by atoms with E-state index in [1.165, 1.54) is 16.4 Å². The number of hydrogen-bond donors (Lipinski definition) is 0. The van der Waals surface area contributed by atoms with Gasteiger partial charge in [0.15, 0.2) is 0 Å². The number of benzene rings is 2. The monoisotopic (exact) mass is 512 g/mol. The second kappa shape index (κ2) is 8.30. The van der Waals surface area contributed by atoms with Crippen molar-refractivity contribution < 1.29 is 18.0 Å². The van der Waals surface area contributed by atoms with Gasteiger partial charge in [-0.2, -0.15) is 4.31 Å². The number of hydrogen-bond acceptors (Lipinski definition) is 4. The SMILES string of the molecule is CCC(C)N(C1CC(=O)N(c2ccc(I)cc2)C1=O)S(=O)(=O)c1ccccc1. The Morgan fingerprint density at radius 2 is 1.71 bits per heavy atom. The molecule has 2 aromatic carbocycles. The predicted molar refractivity (Wildman–Crippen MR) is 115 cm³/mol. The summed E-state index contributed by atoms with van der Waals surface area (Å²) in [5.41, 5.74) is 0.458. The molecule has 2 atom stereocenters. The molecule has 1 fully saturated rings. The Morgan fingerprint density at radius 1 is 1.11 bits per heavy atom. The Morgan fingerprint density at radius 3 is 2.29 bits per heavy atom. The van der Waals surface area contributed by atoms with E-state index in [0.717, 1.165) is 8.47 Å². The first-order chi connectivity index (χ1) is 13.3. The smallest absolute Gasteiger partial charge is 0.252 e. The van der Waals surface area contributed by atoms with Crippen LogP contribution in [0, 0.1) is 3.57 Å². The van der Waals surface area contributed by atoms with E-state index in [2.05, 4.69) is 22.6 Å². The van der Waals surface area contributed by atoms with Crippen LogP contribution in [0.3, 0.4) is 0 Å². The fourth-order valence-corrected chi connectivity index (χ4v) is 5.51. The van der Waals surface area contributed by atoms with Crippen LogP contribution in [0.2, 0.25) is 0 Å². The number of halogens is 1. The van der Waals surface area contributed by atoms with Gasteiger partial charge in [-0.25, -0.2) is 13.3 Å². The number of carbonyl (C=O) groups is 2. The van der Waals surface area contributed by atoms with Crippen molar-refractivity contribution in [2.75, 3.05) is 4.90 Å². The number of rotatable bonds is 6. The van der Waals surface area contributed by atoms with E-state index in [-0.39, 0.29) is 11.3 Å². The molecule has 6 nitrogen and oxygen atoms in total. The van der Waals surface area contributed by atoms with Gasteiger partial charge in [-0.15, -0.1) is 0 Å². The lowest BCUT2D eigenvalue weighted by molar-refractivity contribution is -0.122. The molecule has 8 heteroatoms. The summed E-state index contributed by atoms with van der Waals surface area (Å²) in [7, 11) is -3.93. The van der Waals surface area contributed by atoms with Crippen LogP contribution in [0.1, 0.15) is 26.7 Å². The number of anilines is 1. The number of amides is 2. The van der Waals surface area contributed by atoms with Crippen LogP contribution >= 0.6 is 22.6 Å². The lowest BCUT2D eigenvalue weighted by atomic mass is 10.2. The zero-order chi connectivity index (χ0) is 20.5. The van der Waals surface area contributed by atoms with Gasteiger partial charge < -0.3 is 0 Å². The van der Waals surface area contributed by atoms with Gasteiger partial charge in [-0.1, -0.05) is 25.1 Å².